The molecule has 0 amide bonds. The van der Waals surface area contributed by atoms with Crippen LogP contribution in [0, 0.1) is 0 Å². The Morgan fingerprint density at radius 3 is 2.85 bits per heavy atom. The van der Waals surface area contributed by atoms with Gasteiger partial charge in [-0.1, -0.05) is 6.92 Å². The zero-order valence-electron chi connectivity index (χ0n) is 12.8. The summed E-state index contributed by atoms with van der Waals surface area (Å²) in [5.41, 5.74) is 5.04. The fourth-order valence-electron chi connectivity index (χ4n) is 3.85. The van der Waals surface area contributed by atoms with E-state index in [9.17, 15) is 9.90 Å². The zero-order chi connectivity index (χ0) is 14.8. The highest BCUT2D eigenvalue weighted by atomic mass is 16.4. The molecule has 0 aromatic carbocycles. The Bertz CT molecular complexity index is 350. The van der Waals surface area contributed by atoms with Crippen molar-refractivity contribution in [3.05, 3.63) is 0 Å². The van der Waals surface area contributed by atoms with E-state index >= 15 is 0 Å². The van der Waals surface area contributed by atoms with E-state index in [4.69, 9.17) is 5.73 Å². The summed E-state index contributed by atoms with van der Waals surface area (Å²) in [6.07, 6.45) is 5.72. The monoisotopic (exact) mass is 283 g/mol. The molecule has 0 bridgehead atoms. The van der Waals surface area contributed by atoms with Crippen LogP contribution in [0.1, 0.15) is 45.4 Å². The van der Waals surface area contributed by atoms with Gasteiger partial charge in [0.05, 0.1) is 0 Å². The van der Waals surface area contributed by atoms with Gasteiger partial charge in [0.25, 0.3) is 0 Å². The summed E-state index contributed by atoms with van der Waals surface area (Å²) in [6, 6.07) is 0.938. The highest BCUT2D eigenvalue weighted by molar-refractivity contribution is 5.78. The molecule has 1 saturated carbocycles. The maximum Gasteiger partial charge on any atom is 0.323 e. The summed E-state index contributed by atoms with van der Waals surface area (Å²) < 4.78 is 0. The third-order valence-corrected chi connectivity index (χ3v) is 5.21. The van der Waals surface area contributed by atoms with Gasteiger partial charge >= 0.3 is 5.97 Å². The summed E-state index contributed by atoms with van der Waals surface area (Å²) in [7, 11) is 2.13. The molecule has 116 valence electrons. The first kappa shape index (κ1) is 15.7. The molecule has 2 fully saturated rings. The smallest absolute Gasteiger partial charge is 0.323 e. The second-order valence-corrected chi connectivity index (χ2v) is 6.58. The quantitative estimate of drug-likeness (QED) is 0.791. The molecule has 2 rings (SSSR count). The van der Waals surface area contributed by atoms with Crippen LogP contribution in [0.2, 0.25) is 0 Å². The molecule has 3 unspecified atom stereocenters. The molecule has 20 heavy (non-hydrogen) atoms. The van der Waals surface area contributed by atoms with E-state index in [1.807, 2.05) is 0 Å². The minimum Gasteiger partial charge on any atom is -0.480 e. The molecule has 1 saturated heterocycles. The van der Waals surface area contributed by atoms with Crippen molar-refractivity contribution in [2.24, 2.45) is 5.73 Å². The summed E-state index contributed by atoms with van der Waals surface area (Å²) >= 11 is 0. The molecule has 3 N–H and O–H groups in total. The molecule has 5 heteroatoms. The van der Waals surface area contributed by atoms with Crippen LogP contribution in [-0.2, 0) is 4.79 Å². The molecular formula is C15H29N3O2. The van der Waals surface area contributed by atoms with Crippen LogP contribution in [0.3, 0.4) is 0 Å². The van der Waals surface area contributed by atoms with E-state index in [1.54, 1.807) is 0 Å². The highest BCUT2D eigenvalue weighted by Gasteiger charge is 2.41. The van der Waals surface area contributed by atoms with Crippen molar-refractivity contribution in [3.63, 3.8) is 0 Å². The number of hydrogen-bond acceptors (Lipinski definition) is 4. The number of carbonyl (C=O) groups is 1. The van der Waals surface area contributed by atoms with E-state index in [0.717, 1.165) is 25.9 Å². The van der Waals surface area contributed by atoms with Gasteiger partial charge in [-0.15, -0.1) is 0 Å². The van der Waals surface area contributed by atoms with E-state index in [1.165, 1.54) is 19.4 Å². The number of rotatable bonds is 5. The lowest BCUT2D eigenvalue weighted by Crippen LogP contribution is -2.56. The molecule has 5 nitrogen and oxygen atoms in total. The lowest BCUT2D eigenvalue weighted by Gasteiger charge is -2.40. The number of likely N-dealkylation sites (tertiary alicyclic amines) is 1. The maximum atomic E-state index is 11.3. The Kier molecular flexibility index (Phi) is 5.04. The van der Waals surface area contributed by atoms with Crippen molar-refractivity contribution in [2.45, 2.75) is 63.1 Å². The standard InChI is InChI=1S/C15H29N3O2/c1-3-18-9-5-7-13(18)11-17(2)12-6-4-8-15(16,10-12)14(19)20/h12-13H,3-11,16H2,1-2H3,(H,19,20). The molecule has 1 aliphatic heterocycles. The number of carboxylic acids is 1. The molecule has 1 aliphatic carbocycles. The van der Waals surface area contributed by atoms with Gasteiger partial charge in [-0.3, -0.25) is 9.69 Å². The van der Waals surface area contributed by atoms with Crippen LogP contribution in [0.15, 0.2) is 0 Å². The molecule has 0 spiro atoms. The first-order chi connectivity index (χ1) is 9.46. The Labute approximate surface area is 122 Å². The van der Waals surface area contributed by atoms with E-state index in [0.29, 0.717) is 24.9 Å². The Balaban J connectivity index is 1.92. The normalized spacial score (nSPS) is 35.6. The van der Waals surface area contributed by atoms with E-state index in [-0.39, 0.29) is 0 Å². The summed E-state index contributed by atoms with van der Waals surface area (Å²) in [5, 5.41) is 9.31. The van der Waals surface area contributed by atoms with Crippen molar-refractivity contribution in [1.82, 2.24) is 9.80 Å². The van der Waals surface area contributed by atoms with Crippen LogP contribution in [0.5, 0.6) is 0 Å². The third-order valence-electron chi connectivity index (χ3n) is 5.21. The molecule has 0 radical (unpaired) electrons. The summed E-state index contributed by atoms with van der Waals surface area (Å²) in [4.78, 5) is 16.2. The number of nitrogens with zero attached hydrogens (tertiary/aromatic N) is 2. The first-order valence-electron chi connectivity index (χ1n) is 7.93. The zero-order valence-corrected chi connectivity index (χ0v) is 12.8. The second kappa shape index (κ2) is 6.41. The minimum atomic E-state index is -1.02. The minimum absolute atomic E-state index is 0.309. The van der Waals surface area contributed by atoms with Gasteiger partial charge in [0.2, 0.25) is 0 Å². The average molecular weight is 283 g/mol. The molecule has 0 aromatic rings. The predicted molar refractivity (Wildman–Crippen MR) is 79.7 cm³/mol. The molecule has 1 heterocycles. The van der Waals surface area contributed by atoms with Crippen LogP contribution < -0.4 is 5.73 Å². The Hall–Kier alpha value is -0.650. The first-order valence-corrected chi connectivity index (χ1v) is 7.93. The SMILES string of the molecule is CCN1CCCC1CN(C)C1CCCC(N)(C(=O)O)C1. The fourth-order valence-corrected chi connectivity index (χ4v) is 3.85. The molecular weight excluding hydrogens is 254 g/mol. The van der Waals surface area contributed by atoms with Crippen LogP contribution in [-0.4, -0.2) is 65.2 Å². The summed E-state index contributed by atoms with van der Waals surface area (Å²) in [6.45, 7) is 5.57. The largest absolute Gasteiger partial charge is 0.480 e. The Morgan fingerprint density at radius 2 is 2.20 bits per heavy atom. The lowest BCUT2D eigenvalue weighted by atomic mass is 9.79. The van der Waals surface area contributed by atoms with Crippen molar-refractivity contribution in [2.75, 3.05) is 26.7 Å². The van der Waals surface area contributed by atoms with E-state index in [2.05, 4.69) is 23.8 Å². The van der Waals surface area contributed by atoms with Crippen LogP contribution >= 0.6 is 0 Å². The Morgan fingerprint density at radius 1 is 1.45 bits per heavy atom. The fraction of sp³-hybridized carbons (Fsp3) is 0.933. The number of hydrogen-bond donors (Lipinski definition) is 2. The van der Waals surface area contributed by atoms with Crippen LogP contribution in [0.25, 0.3) is 0 Å². The van der Waals surface area contributed by atoms with Gasteiger partial charge in [0.15, 0.2) is 0 Å². The topological polar surface area (TPSA) is 69.8 Å². The van der Waals surface area contributed by atoms with Crippen LogP contribution in [0.4, 0.5) is 0 Å². The number of aliphatic carboxylic acids is 1. The van der Waals surface area contributed by atoms with Gasteiger partial charge < -0.3 is 15.7 Å². The molecule has 0 aromatic heterocycles. The van der Waals surface area contributed by atoms with Gasteiger partial charge in [-0.25, -0.2) is 0 Å². The van der Waals surface area contributed by atoms with Crippen molar-refractivity contribution >= 4 is 5.97 Å². The van der Waals surface area contributed by atoms with Crippen molar-refractivity contribution in [3.8, 4) is 0 Å². The predicted octanol–water partition coefficient (Wildman–Crippen LogP) is 1.13. The average Bonchev–Trinajstić information content (AvgIpc) is 2.85. The van der Waals surface area contributed by atoms with Crippen molar-refractivity contribution < 1.29 is 9.90 Å². The van der Waals surface area contributed by atoms with Gasteiger partial charge in [-0.05, 0) is 58.7 Å². The lowest BCUT2D eigenvalue weighted by molar-refractivity contribution is -0.145. The van der Waals surface area contributed by atoms with Gasteiger partial charge in [0.1, 0.15) is 5.54 Å². The highest BCUT2D eigenvalue weighted by Crippen LogP contribution is 2.30. The number of nitrogens with two attached hydrogens (primary N) is 1. The number of carboxylic acid groups (broad SMARTS) is 1. The molecule has 2 aliphatic rings. The molecule has 3 atom stereocenters. The van der Waals surface area contributed by atoms with Gasteiger partial charge in [0, 0.05) is 18.6 Å². The van der Waals surface area contributed by atoms with E-state index < -0.39 is 11.5 Å². The van der Waals surface area contributed by atoms with Gasteiger partial charge in [-0.2, -0.15) is 0 Å². The third kappa shape index (κ3) is 3.32. The maximum absolute atomic E-state index is 11.3. The van der Waals surface area contributed by atoms with Crippen molar-refractivity contribution in [1.29, 1.82) is 0 Å². The second-order valence-electron chi connectivity index (χ2n) is 6.58. The summed E-state index contributed by atoms with van der Waals surface area (Å²) in [5.74, 6) is -0.841. The number of likely N-dealkylation sites (N-methyl/N-ethyl adjacent to an activating group) is 2.